The molecular formula is C17H15N3O3. The monoisotopic (exact) mass is 309 g/mol. The third-order valence-corrected chi connectivity index (χ3v) is 3.62. The summed E-state index contributed by atoms with van der Waals surface area (Å²) in [4.78, 5) is 31.5. The Morgan fingerprint density at radius 1 is 1.26 bits per heavy atom. The Morgan fingerprint density at radius 3 is 2.70 bits per heavy atom. The van der Waals surface area contributed by atoms with Crippen LogP contribution in [-0.4, -0.2) is 27.7 Å². The number of nitrogens with one attached hydrogen (secondary N) is 1. The Morgan fingerprint density at radius 2 is 2.04 bits per heavy atom. The number of nitrogens with zero attached hydrogens (tertiary/aromatic N) is 2. The summed E-state index contributed by atoms with van der Waals surface area (Å²) >= 11 is 0. The number of rotatable bonds is 3. The van der Waals surface area contributed by atoms with Crippen molar-refractivity contribution in [3.05, 3.63) is 58.4 Å². The van der Waals surface area contributed by atoms with Gasteiger partial charge in [-0.2, -0.15) is 0 Å². The van der Waals surface area contributed by atoms with Crippen LogP contribution in [0.15, 0.2) is 35.5 Å². The van der Waals surface area contributed by atoms with E-state index >= 15 is 0 Å². The third kappa shape index (κ3) is 2.83. The first-order valence-electron chi connectivity index (χ1n) is 7.11. The van der Waals surface area contributed by atoms with Crippen molar-refractivity contribution in [2.45, 2.75) is 20.4 Å². The van der Waals surface area contributed by atoms with E-state index in [1.54, 1.807) is 18.3 Å². The van der Waals surface area contributed by atoms with Crippen molar-refractivity contribution < 1.29 is 14.7 Å². The zero-order valence-electron chi connectivity index (χ0n) is 12.8. The van der Waals surface area contributed by atoms with E-state index in [1.807, 2.05) is 19.1 Å². The highest BCUT2D eigenvalue weighted by Gasteiger charge is 2.23. The molecule has 2 heterocycles. The molecule has 23 heavy (non-hydrogen) atoms. The lowest BCUT2D eigenvalue weighted by Crippen LogP contribution is -2.13. The van der Waals surface area contributed by atoms with Crippen molar-refractivity contribution in [2.24, 2.45) is 4.99 Å². The molecule has 0 aliphatic carbocycles. The second kappa shape index (κ2) is 5.64. The van der Waals surface area contributed by atoms with Gasteiger partial charge < -0.3 is 10.4 Å². The predicted octanol–water partition coefficient (Wildman–Crippen LogP) is 2.40. The summed E-state index contributed by atoms with van der Waals surface area (Å²) in [5.41, 5.74) is 4.55. The molecule has 0 atom stereocenters. The summed E-state index contributed by atoms with van der Waals surface area (Å²) in [6.07, 6.45) is 1.70. The van der Waals surface area contributed by atoms with Crippen LogP contribution in [0.3, 0.4) is 0 Å². The second-order valence-electron chi connectivity index (χ2n) is 5.39. The molecule has 1 aliphatic heterocycles. The standard InChI is InChI=1S/C17H15N3O3/c1-9-5-11(3-4-18-9)16-13-7-14(17(22)23)15(20-10(2)21)6-12(13)8-19-16/h3-7H,8H2,1-2H3,(H,20,21)(H,22,23). The maximum absolute atomic E-state index is 11.5. The Kier molecular flexibility index (Phi) is 3.65. The maximum Gasteiger partial charge on any atom is 0.337 e. The number of hydrogen-bond acceptors (Lipinski definition) is 4. The number of carbonyl (C=O) groups excluding carboxylic acids is 1. The molecule has 2 aromatic rings. The summed E-state index contributed by atoms with van der Waals surface area (Å²) in [5.74, 6) is -1.40. The van der Waals surface area contributed by atoms with E-state index in [4.69, 9.17) is 0 Å². The van der Waals surface area contributed by atoms with Gasteiger partial charge in [0.05, 0.1) is 23.5 Å². The Hall–Kier alpha value is -3.02. The molecule has 3 rings (SSSR count). The van der Waals surface area contributed by atoms with E-state index in [0.29, 0.717) is 12.2 Å². The van der Waals surface area contributed by atoms with Gasteiger partial charge in [-0.3, -0.25) is 14.8 Å². The minimum Gasteiger partial charge on any atom is -0.478 e. The topological polar surface area (TPSA) is 91.7 Å². The van der Waals surface area contributed by atoms with Crippen LogP contribution in [0, 0.1) is 6.92 Å². The molecule has 116 valence electrons. The lowest BCUT2D eigenvalue weighted by Gasteiger charge is -2.11. The molecule has 0 fully saturated rings. The zero-order chi connectivity index (χ0) is 16.6. The van der Waals surface area contributed by atoms with Gasteiger partial charge in [0, 0.05) is 29.9 Å². The first-order valence-corrected chi connectivity index (χ1v) is 7.11. The number of aryl methyl sites for hydroxylation is 1. The number of benzene rings is 1. The van der Waals surface area contributed by atoms with Crippen LogP contribution in [0.1, 0.15) is 39.7 Å². The van der Waals surface area contributed by atoms with Crippen molar-refractivity contribution in [2.75, 3.05) is 5.32 Å². The fourth-order valence-electron chi connectivity index (χ4n) is 2.65. The normalized spacial score (nSPS) is 12.5. The fourth-order valence-corrected chi connectivity index (χ4v) is 2.65. The molecule has 1 aliphatic rings. The third-order valence-electron chi connectivity index (χ3n) is 3.62. The maximum atomic E-state index is 11.5. The zero-order valence-corrected chi connectivity index (χ0v) is 12.8. The number of fused-ring (bicyclic) bond motifs is 1. The summed E-state index contributed by atoms with van der Waals surface area (Å²) in [6, 6.07) is 7.02. The van der Waals surface area contributed by atoms with Crippen molar-refractivity contribution in [1.82, 2.24) is 4.98 Å². The molecule has 6 nitrogen and oxygen atoms in total. The SMILES string of the molecule is CC(=O)Nc1cc2c(cc1C(=O)O)C(c1ccnc(C)c1)=NC2. The van der Waals surface area contributed by atoms with Crippen molar-refractivity contribution >= 4 is 23.3 Å². The van der Waals surface area contributed by atoms with Crippen molar-refractivity contribution in [3.8, 4) is 0 Å². The highest BCUT2D eigenvalue weighted by molar-refractivity contribution is 6.16. The minimum absolute atomic E-state index is 0.0549. The first kappa shape index (κ1) is 14.9. The lowest BCUT2D eigenvalue weighted by atomic mass is 9.97. The number of pyridine rings is 1. The quantitative estimate of drug-likeness (QED) is 0.910. The number of amides is 1. The predicted molar refractivity (Wildman–Crippen MR) is 86.0 cm³/mol. The number of aromatic carboxylic acids is 1. The number of carbonyl (C=O) groups is 2. The van der Waals surface area contributed by atoms with Gasteiger partial charge in [-0.1, -0.05) is 0 Å². The Bertz CT molecular complexity index is 856. The Balaban J connectivity index is 2.10. The average Bonchev–Trinajstić information content (AvgIpc) is 2.88. The lowest BCUT2D eigenvalue weighted by molar-refractivity contribution is -0.114. The summed E-state index contributed by atoms with van der Waals surface area (Å²) < 4.78 is 0. The molecule has 1 amide bonds. The Labute approximate surface area is 132 Å². The average molecular weight is 309 g/mol. The molecule has 0 saturated carbocycles. The van der Waals surface area contributed by atoms with E-state index < -0.39 is 5.97 Å². The minimum atomic E-state index is -1.09. The summed E-state index contributed by atoms with van der Waals surface area (Å²) in [7, 11) is 0. The fraction of sp³-hybridized carbons (Fsp3) is 0.176. The number of aliphatic imine (C=N–C) groups is 1. The van der Waals surface area contributed by atoms with Gasteiger partial charge in [-0.25, -0.2) is 4.79 Å². The van der Waals surface area contributed by atoms with E-state index in [0.717, 1.165) is 28.1 Å². The van der Waals surface area contributed by atoms with Crippen molar-refractivity contribution in [3.63, 3.8) is 0 Å². The molecule has 1 aromatic heterocycles. The first-order chi connectivity index (χ1) is 11.0. The van der Waals surface area contributed by atoms with Gasteiger partial charge in [0.25, 0.3) is 0 Å². The number of carboxylic acid groups (broad SMARTS) is 1. The molecule has 0 saturated heterocycles. The van der Waals surface area contributed by atoms with Gasteiger partial charge in [-0.15, -0.1) is 0 Å². The van der Waals surface area contributed by atoms with E-state index in [-0.39, 0.29) is 11.5 Å². The van der Waals surface area contributed by atoms with Gasteiger partial charge in [0.2, 0.25) is 5.91 Å². The van der Waals surface area contributed by atoms with Gasteiger partial charge in [-0.05, 0) is 36.8 Å². The highest BCUT2D eigenvalue weighted by atomic mass is 16.4. The van der Waals surface area contributed by atoms with Crippen LogP contribution in [0.2, 0.25) is 0 Å². The van der Waals surface area contributed by atoms with E-state index in [9.17, 15) is 14.7 Å². The summed E-state index contributed by atoms with van der Waals surface area (Å²) in [5, 5.41) is 12.0. The van der Waals surface area contributed by atoms with Gasteiger partial charge in [0.1, 0.15) is 0 Å². The number of anilines is 1. The largest absolute Gasteiger partial charge is 0.478 e. The number of carboxylic acids is 1. The summed E-state index contributed by atoms with van der Waals surface area (Å²) in [6.45, 7) is 3.70. The molecular weight excluding hydrogens is 294 g/mol. The molecule has 2 N–H and O–H groups in total. The molecule has 0 radical (unpaired) electrons. The van der Waals surface area contributed by atoms with Crippen LogP contribution in [0.4, 0.5) is 5.69 Å². The molecule has 0 unspecified atom stereocenters. The molecule has 0 bridgehead atoms. The van der Waals surface area contributed by atoms with Crippen LogP contribution in [0.25, 0.3) is 0 Å². The smallest absolute Gasteiger partial charge is 0.337 e. The van der Waals surface area contributed by atoms with Crippen LogP contribution in [-0.2, 0) is 11.3 Å². The highest BCUT2D eigenvalue weighted by Crippen LogP contribution is 2.29. The van der Waals surface area contributed by atoms with Crippen LogP contribution >= 0.6 is 0 Å². The van der Waals surface area contributed by atoms with Crippen LogP contribution in [0.5, 0.6) is 0 Å². The van der Waals surface area contributed by atoms with Gasteiger partial charge in [0.15, 0.2) is 0 Å². The number of aromatic nitrogens is 1. The van der Waals surface area contributed by atoms with Crippen molar-refractivity contribution in [1.29, 1.82) is 0 Å². The molecule has 6 heteroatoms. The van der Waals surface area contributed by atoms with E-state index in [2.05, 4.69) is 15.3 Å². The van der Waals surface area contributed by atoms with E-state index in [1.165, 1.54) is 6.92 Å². The van der Waals surface area contributed by atoms with Gasteiger partial charge >= 0.3 is 5.97 Å². The number of hydrogen-bond donors (Lipinski definition) is 2. The molecule has 0 spiro atoms. The second-order valence-corrected chi connectivity index (χ2v) is 5.39. The molecule has 1 aromatic carbocycles. The van der Waals surface area contributed by atoms with Crippen LogP contribution < -0.4 is 5.32 Å².